The van der Waals surface area contributed by atoms with Gasteiger partial charge in [0.2, 0.25) is 5.91 Å². The highest BCUT2D eigenvalue weighted by Crippen LogP contribution is 2.28. The fraction of sp³-hybridized carbons (Fsp3) is 0.857. The quantitative estimate of drug-likeness (QED) is 0.582. The number of urea groups is 1. The predicted octanol–water partition coefficient (Wildman–Crippen LogP) is 0.881. The summed E-state index contributed by atoms with van der Waals surface area (Å²) >= 11 is 0. The lowest BCUT2D eigenvalue weighted by atomic mass is 9.81. The maximum Gasteiger partial charge on any atom is 0.312 e. The smallest absolute Gasteiger partial charge is 0.312 e. The maximum atomic E-state index is 12.4. The van der Waals surface area contributed by atoms with Crippen LogP contribution in [0.5, 0.6) is 0 Å². The lowest BCUT2D eigenvalue weighted by molar-refractivity contribution is -0.127. The monoisotopic (exact) mass is 285 g/mol. The minimum Gasteiger partial charge on any atom is -0.394 e. The van der Waals surface area contributed by atoms with Crippen molar-refractivity contribution in [3.8, 4) is 0 Å². The van der Waals surface area contributed by atoms with E-state index in [0.717, 1.165) is 38.5 Å². The molecule has 0 bridgehead atoms. The Kier molecular flexibility index (Phi) is 6.26. The first-order valence-electron chi connectivity index (χ1n) is 7.43. The molecule has 1 rings (SSSR count). The van der Waals surface area contributed by atoms with E-state index < -0.39 is 17.6 Å². The summed E-state index contributed by atoms with van der Waals surface area (Å²) in [5.74, 6) is -0.268. The highest BCUT2D eigenvalue weighted by atomic mass is 16.3. The van der Waals surface area contributed by atoms with Gasteiger partial charge in [-0.25, -0.2) is 4.79 Å². The highest BCUT2D eigenvalue weighted by Gasteiger charge is 2.36. The van der Waals surface area contributed by atoms with Crippen LogP contribution in [-0.2, 0) is 4.79 Å². The molecular formula is C14H27N3O3. The summed E-state index contributed by atoms with van der Waals surface area (Å²) in [7, 11) is 0. The molecule has 20 heavy (non-hydrogen) atoms. The van der Waals surface area contributed by atoms with Crippen molar-refractivity contribution in [3.05, 3.63) is 0 Å². The topological polar surface area (TPSA) is 104 Å². The van der Waals surface area contributed by atoms with Crippen LogP contribution in [0.1, 0.15) is 52.4 Å². The average molecular weight is 285 g/mol. The molecule has 6 heteroatoms. The third-order valence-electron chi connectivity index (χ3n) is 4.29. The molecule has 3 amide bonds. The summed E-state index contributed by atoms with van der Waals surface area (Å²) < 4.78 is 0. The lowest BCUT2D eigenvalue weighted by Gasteiger charge is -2.38. The van der Waals surface area contributed by atoms with E-state index in [9.17, 15) is 14.7 Å². The van der Waals surface area contributed by atoms with Crippen LogP contribution in [0.4, 0.5) is 4.79 Å². The van der Waals surface area contributed by atoms with Gasteiger partial charge in [0, 0.05) is 0 Å². The molecule has 0 radical (unpaired) electrons. The number of hydrogen-bond donors (Lipinski definition) is 4. The van der Waals surface area contributed by atoms with Crippen molar-refractivity contribution >= 4 is 11.9 Å². The molecule has 2 atom stereocenters. The van der Waals surface area contributed by atoms with Gasteiger partial charge in [0.05, 0.1) is 12.1 Å². The molecule has 1 aliphatic rings. The molecule has 0 aromatic carbocycles. The van der Waals surface area contributed by atoms with Crippen LogP contribution in [0.2, 0.25) is 0 Å². The number of primary amides is 1. The molecule has 0 aromatic heterocycles. The van der Waals surface area contributed by atoms with Crippen LogP contribution in [0.25, 0.3) is 0 Å². The van der Waals surface area contributed by atoms with E-state index in [1.165, 1.54) is 0 Å². The van der Waals surface area contributed by atoms with E-state index >= 15 is 0 Å². The first-order chi connectivity index (χ1) is 9.44. The molecule has 116 valence electrons. The van der Waals surface area contributed by atoms with Gasteiger partial charge < -0.3 is 21.5 Å². The Hall–Kier alpha value is -1.30. The van der Waals surface area contributed by atoms with E-state index in [2.05, 4.69) is 10.6 Å². The zero-order valence-corrected chi connectivity index (χ0v) is 12.4. The van der Waals surface area contributed by atoms with Gasteiger partial charge in [-0.1, -0.05) is 39.5 Å². The van der Waals surface area contributed by atoms with Crippen LogP contribution < -0.4 is 16.4 Å². The molecule has 0 saturated heterocycles. The number of aliphatic hydroxyl groups is 1. The van der Waals surface area contributed by atoms with Crippen molar-refractivity contribution in [1.29, 1.82) is 0 Å². The molecule has 6 nitrogen and oxygen atoms in total. The first kappa shape index (κ1) is 16.8. The molecular weight excluding hydrogens is 258 g/mol. The summed E-state index contributed by atoms with van der Waals surface area (Å²) in [5.41, 5.74) is 4.60. The minimum atomic E-state index is -0.702. The fourth-order valence-corrected chi connectivity index (χ4v) is 2.75. The number of nitrogens with two attached hydrogens (primary N) is 1. The Bertz CT molecular complexity index is 341. The van der Waals surface area contributed by atoms with Gasteiger partial charge in [-0.3, -0.25) is 4.79 Å². The van der Waals surface area contributed by atoms with Gasteiger partial charge in [0.15, 0.2) is 0 Å². The zero-order chi connectivity index (χ0) is 15.2. The fourth-order valence-electron chi connectivity index (χ4n) is 2.75. The molecule has 1 saturated carbocycles. The lowest BCUT2D eigenvalue weighted by Crippen LogP contribution is -2.60. The Morgan fingerprint density at radius 3 is 2.35 bits per heavy atom. The highest BCUT2D eigenvalue weighted by molar-refractivity contribution is 5.87. The SMILES string of the molecule is CCC(C)C(NC(N)=O)C(=O)NC1(CO)CCCCC1. The van der Waals surface area contributed by atoms with Crippen LogP contribution in [-0.4, -0.2) is 35.2 Å². The third kappa shape index (κ3) is 4.37. The number of nitrogens with one attached hydrogen (secondary N) is 2. The zero-order valence-electron chi connectivity index (χ0n) is 12.4. The average Bonchev–Trinajstić information content (AvgIpc) is 2.44. The number of carbonyl (C=O) groups excluding carboxylic acids is 2. The van der Waals surface area contributed by atoms with E-state index in [1.807, 2.05) is 13.8 Å². The van der Waals surface area contributed by atoms with Gasteiger partial charge in [-0.15, -0.1) is 0 Å². The number of carbonyl (C=O) groups is 2. The second-order valence-electron chi connectivity index (χ2n) is 5.86. The Labute approximate surface area is 120 Å². The van der Waals surface area contributed by atoms with Crippen molar-refractivity contribution in [1.82, 2.24) is 10.6 Å². The molecule has 1 fully saturated rings. The molecule has 2 unspecified atom stereocenters. The van der Waals surface area contributed by atoms with Crippen molar-refractivity contribution in [2.75, 3.05) is 6.61 Å². The minimum absolute atomic E-state index is 0.0122. The van der Waals surface area contributed by atoms with Gasteiger partial charge >= 0.3 is 6.03 Å². The van der Waals surface area contributed by atoms with Crippen molar-refractivity contribution in [2.24, 2.45) is 11.7 Å². The van der Waals surface area contributed by atoms with Gasteiger partial charge in [0.1, 0.15) is 6.04 Å². The second-order valence-corrected chi connectivity index (χ2v) is 5.86. The van der Waals surface area contributed by atoms with E-state index in [-0.39, 0.29) is 18.4 Å². The number of amides is 3. The van der Waals surface area contributed by atoms with E-state index in [0.29, 0.717) is 0 Å². The first-order valence-corrected chi connectivity index (χ1v) is 7.43. The molecule has 0 aromatic rings. The third-order valence-corrected chi connectivity index (χ3v) is 4.29. The van der Waals surface area contributed by atoms with E-state index in [1.54, 1.807) is 0 Å². The van der Waals surface area contributed by atoms with Crippen molar-refractivity contribution < 1.29 is 14.7 Å². The van der Waals surface area contributed by atoms with Crippen LogP contribution >= 0.6 is 0 Å². The molecule has 0 spiro atoms. The molecule has 0 aliphatic heterocycles. The van der Waals surface area contributed by atoms with Gasteiger partial charge in [0.25, 0.3) is 0 Å². The summed E-state index contributed by atoms with van der Waals surface area (Å²) in [6.45, 7) is 3.78. The molecule has 0 heterocycles. The van der Waals surface area contributed by atoms with Gasteiger partial charge in [-0.05, 0) is 18.8 Å². The number of hydrogen-bond acceptors (Lipinski definition) is 3. The Balaban J connectivity index is 2.75. The van der Waals surface area contributed by atoms with Crippen LogP contribution in [0.3, 0.4) is 0 Å². The van der Waals surface area contributed by atoms with Crippen molar-refractivity contribution in [3.63, 3.8) is 0 Å². The molecule has 5 N–H and O–H groups in total. The summed E-state index contributed by atoms with van der Waals surface area (Å²) in [4.78, 5) is 23.5. The standard InChI is InChI=1S/C14H27N3O3/c1-3-10(2)11(16-13(15)20)12(19)17-14(9-18)7-5-4-6-8-14/h10-11,18H,3-9H2,1-2H3,(H,17,19)(H3,15,16,20). The normalized spacial score (nSPS) is 20.8. The second kappa shape index (κ2) is 7.47. The largest absolute Gasteiger partial charge is 0.394 e. The van der Waals surface area contributed by atoms with Crippen molar-refractivity contribution in [2.45, 2.75) is 64.0 Å². The Morgan fingerprint density at radius 2 is 1.90 bits per heavy atom. The Morgan fingerprint density at radius 1 is 1.30 bits per heavy atom. The van der Waals surface area contributed by atoms with E-state index in [4.69, 9.17) is 5.73 Å². The number of rotatable bonds is 6. The maximum absolute atomic E-state index is 12.4. The summed E-state index contributed by atoms with van der Waals surface area (Å²) in [5, 5.41) is 15.1. The van der Waals surface area contributed by atoms with Gasteiger partial charge in [-0.2, -0.15) is 0 Å². The predicted molar refractivity (Wildman–Crippen MR) is 77.0 cm³/mol. The molecule has 1 aliphatic carbocycles. The summed E-state index contributed by atoms with van der Waals surface area (Å²) in [6, 6.07) is -1.35. The number of aliphatic hydroxyl groups excluding tert-OH is 1. The van der Waals surface area contributed by atoms with Crippen LogP contribution in [0.15, 0.2) is 0 Å². The summed E-state index contributed by atoms with van der Waals surface area (Å²) in [6.07, 6.45) is 5.44. The van der Waals surface area contributed by atoms with Crippen LogP contribution in [0, 0.1) is 5.92 Å².